The van der Waals surface area contributed by atoms with Crippen LogP contribution in [0.4, 0.5) is 0 Å². The smallest absolute Gasteiger partial charge is 0.266 e. The fraction of sp³-hybridized carbons (Fsp3) is 0.611. The van der Waals surface area contributed by atoms with E-state index in [9.17, 15) is 9.59 Å². The molecule has 2 aliphatic rings. The first-order chi connectivity index (χ1) is 11.5. The third-order valence-electron chi connectivity index (χ3n) is 5.45. The Balaban J connectivity index is 1.76. The summed E-state index contributed by atoms with van der Waals surface area (Å²) in [6, 6.07) is 2.65. The van der Waals surface area contributed by atoms with Gasteiger partial charge in [0.25, 0.3) is 5.56 Å². The predicted molar refractivity (Wildman–Crippen MR) is 90.7 cm³/mol. The number of hydrogen-bond acceptors (Lipinski definition) is 4. The van der Waals surface area contributed by atoms with Crippen LogP contribution in [0.25, 0.3) is 0 Å². The number of aryl methyl sites for hydroxylation is 1. The summed E-state index contributed by atoms with van der Waals surface area (Å²) >= 11 is 0. The maximum atomic E-state index is 12.8. The summed E-state index contributed by atoms with van der Waals surface area (Å²) in [5.74, 6) is 0.190. The minimum atomic E-state index is -0.348. The number of carbonyl (C=O) groups excluding carboxylic acids is 1. The maximum absolute atomic E-state index is 12.8. The van der Waals surface area contributed by atoms with Crippen molar-refractivity contribution >= 4 is 5.91 Å². The third-order valence-corrected chi connectivity index (χ3v) is 5.45. The Morgan fingerprint density at radius 1 is 1.29 bits per heavy atom. The molecule has 1 amide bonds. The molecule has 24 heavy (non-hydrogen) atoms. The van der Waals surface area contributed by atoms with Crippen molar-refractivity contribution in [3.05, 3.63) is 32.7 Å². The zero-order valence-corrected chi connectivity index (χ0v) is 14.3. The molecular formula is C18H24N4O2. The molecule has 0 radical (unpaired) electrons. The molecule has 128 valence electrons. The monoisotopic (exact) mass is 328 g/mol. The van der Waals surface area contributed by atoms with Crippen molar-refractivity contribution in [2.45, 2.75) is 58.0 Å². The van der Waals surface area contributed by atoms with Crippen LogP contribution in [-0.2, 0) is 11.2 Å². The van der Waals surface area contributed by atoms with E-state index in [0.717, 1.165) is 43.6 Å². The topological polar surface area (TPSA) is 89.0 Å². The molecule has 1 aromatic heterocycles. The molecule has 2 N–H and O–H groups in total. The number of rotatable bonds is 3. The number of hydrogen-bond donors (Lipinski definition) is 2. The summed E-state index contributed by atoms with van der Waals surface area (Å²) in [5.41, 5.74) is 2.18. The number of amides is 1. The van der Waals surface area contributed by atoms with E-state index in [1.54, 1.807) is 6.92 Å². The van der Waals surface area contributed by atoms with E-state index in [0.29, 0.717) is 30.5 Å². The van der Waals surface area contributed by atoms with Crippen LogP contribution in [0.2, 0.25) is 0 Å². The molecule has 2 bridgehead atoms. The molecule has 0 aromatic carbocycles. The minimum absolute atomic E-state index is 0.155. The zero-order chi connectivity index (χ0) is 17.3. The Labute approximate surface area is 141 Å². The van der Waals surface area contributed by atoms with Gasteiger partial charge in [0.1, 0.15) is 11.6 Å². The largest absolute Gasteiger partial charge is 0.335 e. The van der Waals surface area contributed by atoms with Crippen LogP contribution in [0, 0.1) is 25.2 Å². The number of carbonyl (C=O) groups is 1. The van der Waals surface area contributed by atoms with Crippen molar-refractivity contribution in [1.29, 1.82) is 5.26 Å². The van der Waals surface area contributed by atoms with E-state index >= 15 is 0 Å². The molecule has 6 nitrogen and oxygen atoms in total. The molecule has 0 spiro atoms. The molecule has 3 heterocycles. The number of H-pyrrole nitrogens is 1. The zero-order valence-electron chi connectivity index (χ0n) is 14.3. The number of aromatic nitrogens is 1. The first-order valence-corrected chi connectivity index (χ1v) is 8.67. The van der Waals surface area contributed by atoms with E-state index < -0.39 is 0 Å². The lowest BCUT2D eigenvalue weighted by atomic mass is 9.98. The quantitative estimate of drug-likeness (QED) is 0.871. The molecule has 2 unspecified atom stereocenters. The Kier molecular flexibility index (Phi) is 4.72. The van der Waals surface area contributed by atoms with Crippen molar-refractivity contribution in [1.82, 2.24) is 15.2 Å². The third kappa shape index (κ3) is 2.96. The number of aromatic amines is 1. The summed E-state index contributed by atoms with van der Waals surface area (Å²) in [6.07, 6.45) is 4.19. The Morgan fingerprint density at radius 3 is 2.79 bits per heavy atom. The average molecular weight is 328 g/mol. The number of nitrogens with zero attached hydrogens (tertiary/aromatic N) is 2. The highest BCUT2D eigenvalue weighted by Crippen LogP contribution is 2.29. The Hall–Kier alpha value is -2.13. The average Bonchev–Trinajstić information content (AvgIpc) is 2.80. The number of pyridine rings is 1. The van der Waals surface area contributed by atoms with Gasteiger partial charge in [0, 0.05) is 30.7 Å². The summed E-state index contributed by atoms with van der Waals surface area (Å²) < 4.78 is 0. The second-order valence-electron chi connectivity index (χ2n) is 6.85. The van der Waals surface area contributed by atoms with Gasteiger partial charge in [0.05, 0.1) is 0 Å². The molecule has 2 atom stereocenters. The highest BCUT2D eigenvalue weighted by molar-refractivity contribution is 5.77. The first-order valence-electron chi connectivity index (χ1n) is 8.67. The van der Waals surface area contributed by atoms with E-state index in [1.165, 1.54) is 0 Å². The number of fused-ring (bicyclic) bond motifs is 2. The normalized spacial score (nSPS) is 23.0. The molecule has 3 rings (SSSR count). The number of nitriles is 1. The molecular weight excluding hydrogens is 304 g/mol. The van der Waals surface area contributed by atoms with Crippen LogP contribution in [-0.4, -0.2) is 41.0 Å². The molecule has 2 aliphatic heterocycles. The van der Waals surface area contributed by atoms with Gasteiger partial charge in [-0.3, -0.25) is 9.59 Å². The highest BCUT2D eigenvalue weighted by Gasteiger charge is 2.37. The summed E-state index contributed by atoms with van der Waals surface area (Å²) in [4.78, 5) is 29.4. The van der Waals surface area contributed by atoms with Crippen molar-refractivity contribution in [3.63, 3.8) is 0 Å². The van der Waals surface area contributed by atoms with E-state index in [2.05, 4.69) is 15.2 Å². The van der Waals surface area contributed by atoms with Gasteiger partial charge < -0.3 is 15.2 Å². The molecule has 0 saturated carbocycles. The summed E-state index contributed by atoms with van der Waals surface area (Å²) in [7, 11) is 0. The summed E-state index contributed by atoms with van der Waals surface area (Å²) in [5, 5.41) is 12.6. The minimum Gasteiger partial charge on any atom is -0.335 e. The van der Waals surface area contributed by atoms with Crippen LogP contribution in [0.3, 0.4) is 0 Å². The van der Waals surface area contributed by atoms with Crippen LogP contribution >= 0.6 is 0 Å². The Bertz CT molecular complexity index is 733. The maximum Gasteiger partial charge on any atom is 0.266 e. The van der Waals surface area contributed by atoms with Gasteiger partial charge in [0.15, 0.2) is 0 Å². The molecule has 6 heteroatoms. The molecule has 0 aliphatic carbocycles. The van der Waals surface area contributed by atoms with Crippen molar-refractivity contribution in [2.75, 3.05) is 13.1 Å². The second kappa shape index (κ2) is 6.78. The molecule has 2 fully saturated rings. The second-order valence-corrected chi connectivity index (χ2v) is 6.85. The molecule has 1 aromatic rings. The van der Waals surface area contributed by atoms with Gasteiger partial charge in [-0.05, 0) is 57.2 Å². The van der Waals surface area contributed by atoms with Crippen molar-refractivity contribution in [3.8, 4) is 6.07 Å². The fourth-order valence-corrected chi connectivity index (χ4v) is 4.17. The standard InChI is InChI=1S/C18H24N4O2/c1-11-15(12(2)21-18(24)16(11)9-19)5-6-17(23)22-13-3-4-14(22)10-20-8-7-13/h13-14,20H,3-8,10H2,1-2H3,(H,21,24). The van der Waals surface area contributed by atoms with Gasteiger partial charge in [0.2, 0.25) is 5.91 Å². The van der Waals surface area contributed by atoms with Crippen LogP contribution < -0.4 is 10.9 Å². The van der Waals surface area contributed by atoms with Gasteiger partial charge >= 0.3 is 0 Å². The highest BCUT2D eigenvalue weighted by atomic mass is 16.2. The Morgan fingerprint density at radius 2 is 2.04 bits per heavy atom. The molecule has 2 saturated heterocycles. The van der Waals surface area contributed by atoms with Crippen molar-refractivity contribution < 1.29 is 4.79 Å². The van der Waals surface area contributed by atoms with Crippen LogP contribution in [0.5, 0.6) is 0 Å². The summed E-state index contributed by atoms with van der Waals surface area (Å²) in [6.45, 7) is 5.49. The van der Waals surface area contributed by atoms with Gasteiger partial charge in [-0.2, -0.15) is 5.26 Å². The predicted octanol–water partition coefficient (Wildman–Crippen LogP) is 1.15. The van der Waals surface area contributed by atoms with E-state index in [1.807, 2.05) is 13.0 Å². The SMILES string of the molecule is Cc1[nH]c(=O)c(C#N)c(C)c1CCC(=O)N1C2CCNCC1CC2. The lowest BCUT2D eigenvalue weighted by molar-refractivity contribution is -0.133. The van der Waals surface area contributed by atoms with E-state index in [-0.39, 0.29) is 17.0 Å². The first kappa shape index (κ1) is 16.7. The number of nitrogens with one attached hydrogen (secondary N) is 2. The van der Waals surface area contributed by atoms with Gasteiger partial charge in [-0.1, -0.05) is 0 Å². The van der Waals surface area contributed by atoms with E-state index in [4.69, 9.17) is 5.26 Å². The lowest BCUT2D eigenvalue weighted by Crippen LogP contribution is -2.42. The van der Waals surface area contributed by atoms with Gasteiger partial charge in [-0.25, -0.2) is 0 Å². The fourth-order valence-electron chi connectivity index (χ4n) is 4.17. The lowest BCUT2D eigenvalue weighted by Gasteiger charge is -2.28. The van der Waals surface area contributed by atoms with Crippen LogP contribution in [0.15, 0.2) is 4.79 Å². The van der Waals surface area contributed by atoms with Crippen molar-refractivity contribution in [2.24, 2.45) is 0 Å². The van der Waals surface area contributed by atoms with Gasteiger partial charge in [-0.15, -0.1) is 0 Å². The van der Waals surface area contributed by atoms with Crippen LogP contribution in [0.1, 0.15) is 48.1 Å².